The average Bonchev–Trinajstić information content (AvgIpc) is 3.28. The van der Waals surface area contributed by atoms with E-state index >= 15 is 0 Å². The van der Waals surface area contributed by atoms with Gasteiger partial charge < -0.3 is 24.1 Å². The molecule has 0 spiro atoms. The highest BCUT2D eigenvalue weighted by Gasteiger charge is 2.14. The number of carbonyl (C=O) groups is 1. The topological polar surface area (TPSA) is 74.6 Å². The molecule has 0 aliphatic carbocycles. The van der Waals surface area contributed by atoms with Gasteiger partial charge >= 0.3 is 0 Å². The summed E-state index contributed by atoms with van der Waals surface area (Å²) in [4.78, 5) is 17.5. The molecule has 1 heterocycles. The number of nitrogens with one attached hydrogen (secondary N) is 1. The van der Waals surface area contributed by atoms with Crippen LogP contribution in [-0.4, -0.2) is 42.8 Å². The monoisotopic (exact) mass is 499 g/mol. The molecule has 0 bridgehead atoms. The number of carbonyl (C=O) groups excluding carboxylic acids is 1. The zero-order valence-corrected chi connectivity index (χ0v) is 21.4. The van der Waals surface area contributed by atoms with Gasteiger partial charge in [0.2, 0.25) is 0 Å². The van der Waals surface area contributed by atoms with Crippen molar-refractivity contribution in [3.63, 3.8) is 0 Å². The molecule has 0 radical (unpaired) electrons. The van der Waals surface area contributed by atoms with Gasteiger partial charge in [-0.1, -0.05) is 36.4 Å². The van der Waals surface area contributed by atoms with Crippen LogP contribution in [0.1, 0.15) is 28.2 Å². The van der Waals surface area contributed by atoms with Crippen LogP contribution in [0.3, 0.4) is 0 Å². The predicted octanol–water partition coefficient (Wildman–Crippen LogP) is 5.22. The summed E-state index contributed by atoms with van der Waals surface area (Å²) >= 11 is 0. The Hall–Kier alpha value is -4.26. The molecule has 1 aromatic heterocycles. The highest BCUT2D eigenvalue weighted by Crippen LogP contribution is 2.28. The zero-order valence-electron chi connectivity index (χ0n) is 21.4. The second-order valence-corrected chi connectivity index (χ2v) is 8.55. The van der Waals surface area contributed by atoms with Gasteiger partial charge in [-0.15, -0.1) is 6.58 Å². The number of amides is 1. The molecule has 7 nitrogen and oxygen atoms in total. The number of hydrogen-bond acceptors (Lipinski definition) is 5. The Kier molecular flexibility index (Phi) is 8.81. The molecule has 37 heavy (non-hydrogen) atoms. The first-order valence-corrected chi connectivity index (χ1v) is 12.4. The summed E-state index contributed by atoms with van der Waals surface area (Å²) in [6, 6.07) is 21.2. The number of aromatic nitrogens is 2. The molecule has 4 aromatic rings. The summed E-state index contributed by atoms with van der Waals surface area (Å²) in [5.41, 5.74) is 3.66. The van der Waals surface area contributed by atoms with Crippen LogP contribution in [0.25, 0.3) is 11.0 Å². The lowest BCUT2D eigenvalue weighted by Gasteiger charge is -2.13. The van der Waals surface area contributed by atoms with Gasteiger partial charge in [-0.05, 0) is 54.8 Å². The van der Waals surface area contributed by atoms with E-state index in [9.17, 15) is 4.79 Å². The first-order chi connectivity index (χ1) is 18.1. The van der Waals surface area contributed by atoms with E-state index in [1.54, 1.807) is 26.4 Å². The summed E-state index contributed by atoms with van der Waals surface area (Å²) in [6.07, 6.45) is 4.05. The van der Waals surface area contributed by atoms with Gasteiger partial charge in [0.05, 0.1) is 37.4 Å². The SMILES string of the molecule is C=CCc1ccc(OCCCn2c(CCNC(=O)c3ccccc3OC)nc3ccccc32)c(OC)c1. The van der Waals surface area contributed by atoms with Gasteiger partial charge in [-0.25, -0.2) is 4.98 Å². The highest BCUT2D eigenvalue weighted by atomic mass is 16.5. The Morgan fingerprint density at radius 1 is 1.00 bits per heavy atom. The van der Waals surface area contributed by atoms with Gasteiger partial charge in [-0.3, -0.25) is 4.79 Å². The van der Waals surface area contributed by atoms with Crippen molar-refractivity contribution in [2.45, 2.75) is 25.8 Å². The summed E-state index contributed by atoms with van der Waals surface area (Å²) in [7, 11) is 3.21. The fraction of sp³-hybridized carbons (Fsp3) is 0.267. The Morgan fingerprint density at radius 3 is 2.59 bits per heavy atom. The third kappa shape index (κ3) is 6.30. The van der Waals surface area contributed by atoms with E-state index in [-0.39, 0.29) is 5.91 Å². The number of para-hydroxylation sites is 3. The number of hydrogen-bond donors (Lipinski definition) is 1. The molecule has 0 saturated carbocycles. The van der Waals surface area contributed by atoms with E-state index in [2.05, 4.69) is 22.5 Å². The van der Waals surface area contributed by atoms with Crippen LogP contribution in [-0.2, 0) is 19.4 Å². The molecular weight excluding hydrogens is 466 g/mol. The molecule has 1 amide bonds. The van der Waals surface area contributed by atoms with E-state index < -0.39 is 0 Å². The fourth-order valence-electron chi connectivity index (χ4n) is 4.31. The van der Waals surface area contributed by atoms with Crippen molar-refractivity contribution in [3.8, 4) is 17.2 Å². The van der Waals surface area contributed by atoms with E-state index in [0.29, 0.717) is 30.9 Å². The number of aryl methyl sites for hydroxylation is 1. The standard InChI is InChI=1S/C30H33N3O4/c1-4-10-22-15-16-27(28(21-22)36-3)37-20-9-19-33-25-13-7-6-12-24(25)32-29(33)17-18-31-30(34)23-11-5-8-14-26(23)35-2/h4-8,11-16,21H,1,9-10,17-20H2,2-3H3,(H,31,34). The molecule has 7 heteroatoms. The lowest BCUT2D eigenvalue weighted by atomic mass is 10.1. The first-order valence-electron chi connectivity index (χ1n) is 12.4. The van der Waals surface area contributed by atoms with E-state index in [1.807, 2.05) is 54.6 Å². The first kappa shape index (κ1) is 25.8. The maximum absolute atomic E-state index is 12.7. The Labute approximate surface area is 217 Å². The van der Waals surface area contributed by atoms with Crippen molar-refractivity contribution in [3.05, 3.63) is 96.3 Å². The van der Waals surface area contributed by atoms with Gasteiger partial charge in [0, 0.05) is 19.5 Å². The van der Waals surface area contributed by atoms with Crippen molar-refractivity contribution in [2.24, 2.45) is 0 Å². The molecule has 0 aliphatic rings. The minimum atomic E-state index is -0.165. The van der Waals surface area contributed by atoms with Gasteiger partial charge in [0.1, 0.15) is 11.6 Å². The second kappa shape index (κ2) is 12.6. The molecule has 0 fully saturated rings. The highest BCUT2D eigenvalue weighted by molar-refractivity contribution is 5.96. The number of methoxy groups -OCH3 is 2. The van der Waals surface area contributed by atoms with Crippen molar-refractivity contribution in [1.29, 1.82) is 0 Å². The fourth-order valence-corrected chi connectivity index (χ4v) is 4.31. The van der Waals surface area contributed by atoms with Crippen LogP contribution in [0.4, 0.5) is 0 Å². The Balaban J connectivity index is 1.38. The largest absolute Gasteiger partial charge is 0.496 e. The lowest BCUT2D eigenvalue weighted by molar-refractivity contribution is 0.0951. The smallest absolute Gasteiger partial charge is 0.255 e. The van der Waals surface area contributed by atoms with Crippen LogP contribution in [0, 0.1) is 0 Å². The maximum atomic E-state index is 12.7. The van der Waals surface area contributed by atoms with Crippen molar-refractivity contribution in [1.82, 2.24) is 14.9 Å². The Bertz CT molecular complexity index is 1360. The zero-order chi connectivity index (χ0) is 26.0. The maximum Gasteiger partial charge on any atom is 0.255 e. The minimum Gasteiger partial charge on any atom is -0.496 e. The van der Waals surface area contributed by atoms with E-state index in [0.717, 1.165) is 53.3 Å². The van der Waals surface area contributed by atoms with Crippen LogP contribution in [0.2, 0.25) is 0 Å². The number of fused-ring (bicyclic) bond motifs is 1. The number of benzene rings is 3. The predicted molar refractivity (Wildman–Crippen MR) is 146 cm³/mol. The van der Waals surface area contributed by atoms with Gasteiger partial charge in [0.25, 0.3) is 5.91 Å². The summed E-state index contributed by atoms with van der Waals surface area (Å²) in [5, 5.41) is 2.99. The molecule has 0 atom stereocenters. The normalized spacial score (nSPS) is 10.8. The molecular formula is C30H33N3O4. The van der Waals surface area contributed by atoms with Crippen LogP contribution >= 0.6 is 0 Å². The molecule has 0 saturated heterocycles. The Morgan fingerprint density at radius 2 is 1.78 bits per heavy atom. The number of allylic oxidation sites excluding steroid dienone is 1. The quantitative estimate of drug-likeness (QED) is 0.202. The second-order valence-electron chi connectivity index (χ2n) is 8.55. The van der Waals surface area contributed by atoms with Crippen LogP contribution < -0.4 is 19.5 Å². The molecule has 3 aromatic carbocycles. The summed E-state index contributed by atoms with van der Waals surface area (Å²) < 4.78 is 19.1. The lowest BCUT2D eigenvalue weighted by Crippen LogP contribution is -2.27. The van der Waals surface area contributed by atoms with Gasteiger partial charge in [-0.2, -0.15) is 0 Å². The molecule has 0 aliphatic heterocycles. The number of ether oxygens (including phenoxy) is 3. The number of rotatable bonds is 13. The molecule has 192 valence electrons. The minimum absolute atomic E-state index is 0.165. The number of imidazole rings is 1. The van der Waals surface area contributed by atoms with E-state index in [4.69, 9.17) is 19.2 Å². The average molecular weight is 500 g/mol. The van der Waals surface area contributed by atoms with Crippen molar-refractivity contribution < 1.29 is 19.0 Å². The number of nitrogens with zero attached hydrogens (tertiary/aromatic N) is 2. The van der Waals surface area contributed by atoms with Crippen molar-refractivity contribution >= 4 is 16.9 Å². The summed E-state index contributed by atoms with van der Waals surface area (Å²) in [6.45, 7) is 5.53. The third-order valence-corrected chi connectivity index (χ3v) is 6.11. The molecule has 1 N–H and O–H groups in total. The van der Waals surface area contributed by atoms with Crippen LogP contribution in [0.5, 0.6) is 17.2 Å². The van der Waals surface area contributed by atoms with Gasteiger partial charge in [0.15, 0.2) is 11.5 Å². The summed E-state index contributed by atoms with van der Waals surface area (Å²) in [5.74, 6) is 2.76. The molecule has 4 rings (SSSR count). The third-order valence-electron chi connectivity index (χ3n) is 6.11. The molecule has 0 unspecified atom stereocenters. The van der Waals surface area contributed by atoms with Crippen molar-refractivity contribution in [2.75, 3.05) is 27.4 Å². The van der Waals surface area contributed by atoms with Crippen LogP contribution in [0.15, 0.2) is 79.4 Å². The van der Waals surface area contributed by atoms with E-state index in [1.165, 1.54) is 0 Å².